The summed E-state index contributed by atoms with van der Waals surface area (Å²) >= 11 is 5.62. The molecule has 92 valence electrons. The van der Waals surface area contributed by atoms with E-state index in [1.165, 1.54) is 13.3 Å². The molecule has 0 spiro atoms. The van der Waals surface area contributed by atoms with Crippen LogP contribution < -0.4 is 4.74 Å². The molecular formula is C11H13ClN2O3. The molecule has 0 aliphatic heterocycles. The molecule has 0 fully saturated rings. The van der Waals surface area contributed by atoms with Crippen molar-refractivity contribution < 1.29 is 14.3 Å². The van der Waals surface area contributed by atoms with Gasteiger partial charge in [-0.05, 0) is 18.5 Å². The summed E-state index contributed by atoms with van der Waals surface area (Å²) in [7, 11) is 1.49. The lowest BCUT2D eigenvalue weighted by molar-refractivity contribution is -0.142. The third kappa shape index (κ3) is 4.40. The Morgan fingerprint density at radius 2 is 2.35 bits per heavy atom. The molecule has 0 aromatic carbocycles. The molecule has 0 atom stereocenters. The van der Waals surface area contributed by atoms with Gasteiger partial charge in [-0.25, -0.2) is 4.98 Å². The molecule has 5 nitrogen and oxygen atoms in total. The molecule has 17 heavy (non-hydrogen) atoms. The average molecular weight is 257 g/mol. The van der Waals surface area contributed by atoms with Crippen molar-refractivity contribution >= 4 is 23.6 Å². The highest BCUT2D eigenvalue weighted by atomic mass is 35.5. The number of aromatic nitrogens is 2. The van der Waals surface area contributed by atoms with Crippen molar-refractivity contribution in [3.63, 3.8) is 0 Å². The first-order valence-corrected chi connectivity index (χ1v) is 5.43. The second-order valence-electron chi connectivity index (χ2n) is 3.02. The van der Waals surface area contributed by atoms with E-state index in [0.717, 1.165) is 0 Å². The number of hydrogen-bond acceptors (Lipinski definition) is 5. The van der Waals surface area contributed by atoms with Gasteiger partial charge < -0.3 is 9.47 Å². The molecule has 0 aliphatic rings. The number of nitrogens with zero attached hydrogens (tertiary/aromatic N) is 2. The Labute approximate surface area is 104 Å². The topological polar surface area (TPSA) is 61.3 Å². The van der Waals surface area contributed by atoms with E-state index in [1.54, 1.807) is 19.1 Å². The van der Waals surface area contributed by atoms with E-state index in [1.807, 2.05) is 0 Å². The third-order valence-electron chi connectivity index (χ3n) is 1.83. The van der Waals surface area contributed by atoms with Crippen LogP contribution in [-0.4, -0.2) is 29.7 Å². The van der Waals surface area contributed by atoms with Crippen molar-refractivity contribution in [2.75, 3.05) is 13.7 Å². The van der Waals surface area contributed by atoms with Crippen molar-refractivity contribution in [1.29, 1.82) is 0 Å². The molecule has 0 unspecified atom stereocenters. The Morgan fingerprint density at radius 1 is 1.59 bits per heavy atom. The van der Waals surface area contributed by atoms with Gasteiger partial charge in [-0.1, -0.05) is 12.2 Å². The summed E-state index contributed by atoms with van der Waals surface area (Å²) in [5, 5.41) is 0.115. The molecule has 0 saturated heterocycles. The number of carbonyl (C=O) groups excluding carboxylic acids is 1. The van der Waals surface area contributed by atoms with Crippen LogP contribution in [-0.2, 0) is 9.53 Å². The first-order chi connectivity index (χ1) is 8.17. The summed E-state index contributed by atoms with van der Waals surface area (Å²) in [4.78, 5) is 18.8. The van der Waals surface area contributed by atoms with Crippen LogP contribution in [0.5, 0.6) is 5.88 Å². The van der Waals surface area contributed by atoms with Gasteiger partial charge in [0.05, 0.1) is 25.7 Å². The fourth-order valence-corrected chi connectivity index (χ4v) is 1.26. The van der Waals surface area contributed by atoms with Gasteiger partial charge in [0.15, 0.2) is 0 Å². The van der Waals surface area contributed by atoms with Crippen LogP contribution in [0.3, 0.4) is 0 Å². The molecule has 0 saturated carbocycles. The molecule has 0 N–H and O–H groups in total. The second-order valence-corrected chi connectivity index (χ2v) is 3.35. The van der Waals surface area contributed by atoms with Crippen LogP contribution in [0.2, 0.25) is 5.28 Å². The van der Waals surface area contributed by atoms with Gasteiger partial charge in [0, 0.05) is 6.20 Å². The molecule has 1 heterocycles. The second kappa shape index (κ2) is 6.85. The van der Waals surface area contributed by atoms with E-state index >= 15 is 0 Å². The van der Waals surface area contributed by atoms with E-state index in [0.29, 0.717) is 18.1 Å². The summed E-state index contributed by atoms with van der Waals surface area (Å²) < 4.78 is 9.81. The smallest absolute Gasteiger partial charge is 0.309 e. The predicted molar refractivity (Wildman–Crippen MR) is 63.9 cm³/mol. The summed E-state index contributed by atoms with van der Waals surface area (Å²) in [6, 6.07) is 0. The number of ether oxygens (including phenoxy) is 2. The lowest BCUT2D eigenvalue weighted by Gasteiger charge is -2.02. The standard InChI is InChI=1S/C11H13ClN2O3/c1-3-17-9(15)6-4-5-8-7-13-11(12)14-10(8)16-2/h4-5,7H,3,6H2,1-2H3. The number of halogens is 1. The third-order valence-corrected chi connectivity index (χ3v) is 2.01. The van der Waals surface area contributed by atoms with Crippen LogP contribution in [0.25, 0.3) is 6.08 Å². The van der Waals surface area contributed by atoms with E-state index in [4.69, 9.17) is 21.1 Å². The van der Waals surface area contributed by atoms with Crippen LogP contribution >= 0.6 is 11.6 Å². The fraction of sp³-hybridized carbons (Fsp3) is 0.364. The number of rotatable bonds is 5. The van der Waals surface area contributed by atoms with Gasteiger partial charge in [0.2, 0.25) is 11.2 Å². The minimum atomic E-state index is -0.280. The predicted octanol–water partition coefficient (Wildman–Crippen LogP) is 2.10. The minimum absolute atomic E-state index is 0.115. The van der Waals surface area contributed by atoms with E-state index in [-0.39, 0.29) is 17.7 Å². The number of esters is 1. The van der Waals surface area contributed by atoms with Gasteiger partial charge in [-0.15, -0.1) is 0 Å². The summed E-state index contributed by atoms with van der Waals surface area (Å²) in [6.45, 7) is 2.14. The average Bonchev–Trinajstić information content (AvgIpc) is 2.31. The number of carbonyl (C=O) groups is 1. The maximum atomic E-state index is 11.1. The Hall–Kier alpha value is -1.62. The number of hydrogen-bond donors (Lipinski definition) is 0. The highest BCUT2D eigenvalue weighted by Crippen LogP contribution is 2.17. The molecular weight excluding hydrogens is 244 g/mol. The maximum Gasteiger partial charge on any atom is 0.309 e. The first-order valence-electron chi connectivity index (χ1n) is 5.06. The van der Waals surface area contributed by atoms with Crippen LogP contribution in [0, 0.1) is 0 Å². The maximum absolute atomic E-state index is 11.1. The van der Waals surface area contributed by atoms with Crippen molar-refractivity contribution in [1.82, 2.24) is 9.97 Å². The molecule has 0 bridgehead atoms. The summed E-state index contributed by atoms with van der Waals surface area (Å²) in [5.74, 6) is 0.0858. The zero-order valence-corrected chi connectivity index (χ0v) is 10.4. The van der Waals surface area contributed by atoms with E-state index in [9.17, 15) is 4.79 Å². The highest BCUT2D eigenvalue weighted by molar-refractivity contribution is 6.28. The quantitative estimate of drug-likeness (QED) is 0.596. The lowest BCUT2D eigenvalue weighted by atomic mass is 10.2. The van der Waals surface area contributed by atoms with Gasteiger partial charge in [0.1, 0.15) is 0 Å². The van der Waals surface area contributed by atoms with E-state index in [2.05, 4.69) is 9.97 Å². The minimum Gasteiger partial charge on any atom is -0.480 e. The molecule has 1 aromatic heterocycles. The van der Waals surface area contributed by atoms with Crippen molar-refractivity contribution in [2.24, 2.45) is 0 Å². The summed E-state index contributed by atoms with van der Waals surface area (Å²) in [5.41, 5.74) is 0.654. The Bertz CT molecular complexity index is 421. The Kier molecular flexibility index (Phi) is 5.42. The highest BCUT2D eigenvalue weighted by Gasteiger charge is 2.04. The van der Waals surface area contributed by atoms with Crippen molar-refractivity contribution in [3.8, 4) is 5.88 Å². The summed E-state index contributed by atoms with van der Waals surface area (Å²) in [6.07, 6.45) is 5.06. The van der Waals surface area contributed by atoms with Crippen LogP contribution in [0.15, 0.2) is 12.3 Å². The molecule has 6 heteroatoms. The van der Waals surface area contributed by atoms with Crippen molar-refractivity contribution in [2.45, 2.75) is 13.3 Å². The van der Waals surface area contributed by atoms with Crippen LogP contribution in [0.4, 0.5) is 0 Å². The zero-order valence-electron chi connectivity index (χ0n) is 9.64. The zero-order chi connectivity index (χ0) is 12.7. The monoisotopic (exact) mass is 256 g/mol. The molecule has 1 rings (SSSR count). The van der Waals surface area contributed by atoms with Crippen molar-refractivity contribution in [3.05, 3.63) is 23.1 Å². The van der Waals surface area contributed by atoms with Crippen LogP contribution in [0.1, 0.15) is 18.9 Å². The van der Waals surface area contributed by atoms with Gasteiger partial charge in [-0.2, -0.15) is 4.98 Å². The largest absolute Gasteiger partial charge is 0.480 e. The molecule has 0 radical (unpaired) electrons. The van der Waals surface area contributed by atoms with Gasteiger partial charge >= 0.3 is 5.97 Å². The Morgan fingerprint density at radius 3 is 3.00 bits per heavy atom. The normalized spacial score (nSPS) is 10.5. The van der Waals surface area contributed by atoms with Gasteiger partial charge in [0.25, 0.3) is 0 Å². The molecule has 1 aromatic rings. The Balaban J connectivity index is 2.67. The van der Waals surface area contributed by atoms with E-state index < -0.39 is 0 Å². The fourth-order valence-electron chi connectivity index (χ4n) is 1.14. The SMILES string of the molecule is CCOC(=O)CC=Cc1cnc(Cl)nc1OC. The molecule has 0 aliphatic carbocycles. The van der Waals surface area contributed by atoms with Gasteiger partial charge in [-0.3, -0.25) is 4.79 Å². The first kappa shape index (κ1) is 13.4. The number of methoxy groups -OCH3 is 1. The molecule has 0 amide bonds. The lowest BCUT2D eigenvalue weighted by Crippen LogP contribution is -2.01.